The van der Waals surface area contributed by atoms with Gasteiger partial charge in [-0.3, -0.25) is 14.8 Å². The van der Waals surface area contributed by atoms with E-state index in [-0.39, 0.29) is 0 Å². The van der Waals surface area contributed by atoms with Crippen LogP contribution in [0.5, 0.6) is 0 Å². The third kappa shape index (κ3) is 10.1. The van der Waals surface area contributed by atoms with Crippen molar-refractivity contribution < 1.29 is 50.7 Å². The number of aliphatic carboxylic acids is 2. The molecule has 15 heteroatoms. The Morgan fingerprint density at radius 2 is 1.46 bits per heavy atom. The summed E-state index contributed by atoms with van der Waals surface area (Å²) in [6.07, 6.45) is -2.37. The van der Waals surface area contributed by atoms with Crippen molar-refractivity contribution in [3.63, 3.8) is 0 Å². The molecule has 4 heterocycles. The van der Waals surface area contributed by atoms with Crippen LogP contribution in [0.2, 0.25) is 0 Å². The predicted octanol–water partition coefficient (Wildman–Crippen LogP) is 4.44. The highest BCUT2D eigenvalue weighted by Crippen LogP contribution is 2.41. The van der Waals surface area contributed by atoms with Gasteiger partial charge < -0.3 is 14.7 Å². The lowest BCUT2D eigenvalue weighted by Gasteiger charge is -2.39. The van der Waals surface area contributed by atoms with E-state index in [0.717, 1.165) is 24.5 Å². The lowest BCUT2D eigenvalue weighted by atomic mass is 9.77. The second-order valence-electron chi connectivity index (χ2n) is 9.51. The van der Waals surface area contributed by atoms with Gasteiger partial charge in [0.05, 0.1) is 5.69 Å². The molecule has 2 fully saturated rings. The molecule has 2 aliphatic heterocycles. The van der Waals surface area contributed by atoms with Gasteiger partial charge in [-0.1, -0.05) is 11.2 Å². The van der Waals surface area contributed by atoms with Crippen LogP contribution in [-0.2, 0) is 22.7 Å². The summed E-state index contributed by atoms with van der Waals surface area (Å²) in [5.41, 5.74) is 4.18. The first-order chi connectivity index (χ1) is 18.0. The number of carboxylic acid groups (broad SMARTS) is 2. The average Bonchev–Trinajstić information content (AvgIpc) is 3.38. The fourth-order valence-corrected chi connectivity index (χ4v) is 4.46. The van der Waals surface area contributed by atoms with E-state index < -0.39 is 24.3 Å². The van der Waals surface area contributed by atoms with Crippen molar-refractivity contribution in [1.29, 1.82) is 0 Å². The summed E-state index contributed by atoms with van der Waals surface area (Å²) in [4.78, 5) is 27.2. The Labute approximate surface area is 220 Å². The number of carboxylic acids is 2. The number of likely N-dealkylation sites (tertiary alicyclic amines) is 2. The quantitative estimate of drug-likeness (QED) is 0.516. The van der Waals surface area contributed by atoms with E-state index in [0.29, 0.717) is 5.41 Å². The smallest absolute Gasteiger partial charge is 0.475 e. The maximum atomic E-state index is 10.6. The number of rotatable bonds is 4. The molecule has 2 saturated heterocycles. The molecule has 9 nitrogen and oxygen atoms in total. The molecule has 1 spiro atoms. The zero-order valence-corrected chi connectivity index (χ0v) is 21.3. The molecule has 4 rings (SSSR count). The van der Waals surface area contributed by atoms with Crippen molar-refractivity contribution in [3.05, 3.63) is 47.1 Å². The Kier molecular flexibility index (Phi) is 10.9. The van der Waals surface area contributed by atoms with Gasteiger partial charge in [0.15, 0.2) is 0 Å². The zero-order chi connectivity index (χ0) is 29.4. The first kappa shape index (κ1) is 32.0. The molecule has 0 atom stereocenters. The lowest BCUT2D eigenvalue weighted by Crippen LogP contribution is -2.41. The number of carbonyl (C=O) groups is 2. The molecule has 0 saturated carbocycles. The maximum Gasteiger partial charge on any atom is 0.490 e. The Balaban J connectivity index is 0.000000317. The van der Waals surface area contributed by atoms with Crippen molar-refractivity contribution in [3.8, 4) is 0 Å². The number of aryl methyl sites for hydroxylation is 2. The lowest BCUT2D eigenvalue weighted by molar-refractivity contribution is -0.193. The standard InChI is InChI=1S/C20H28N4O.2C2HF3O2/c1-16-19(17(2)25-22-16)14-23-9-5-20(6-10-23)7-11-24(15-20)13-18-4-3-8-21-12-18;2*3-2(4,5)1(6)7/h3-4,8,12H,5-7,9-11,13-15H2,1-2H3;2*(H,6,7). The Bertz CT molecular complexity index is 1040. The molecule has 2 N–H and O–H groups in total. The highest BCUT2D eigenvalue weighted by molar-refractivity contribution is 5.73. The molecular weight excluding hydrogens is 538 g/mol. The number of hydrogen-bond donors (Lipinski definition) is 2. The summed E-state index contributed by atoms with van der Waals surface area (Å²) in [6, 6.07) is 4.22. The zero-order valence-electron chi connectivity index (χ0n) is 21.3. The van der Waals surface area contributed by atoms with Crippen molar-refractivity contribution in [1.82, 2.24) is 19.9 Å². The Morgan fingerprint density at radius 1 is 0.949 bits per heavy atom. The normalized spacial score (nSPS) is 17.6. The van der Waals surface area contributed by atoms with Gasteiger partial charge in [0.2, 0.25) is 0 Å². The Hall–Kier alpha value is -3.20. The number of halogens is 6. The topological polar surface area (TPSA) is 120 Å². The largest absolute Gasteiger partial charge is 0.490 e. The van der Waals surface area contributed by atoms with Crippen LogP contribution in [0.3, 0.4) is 0 Å². The van der Waals surface area contributed by atoms with Crippen molar-refractivity contribution in [2.45, 2.75) is 58.6 Å². The monoisotopic (exact) mass is 568 g/mol. The van der Waals surface area contributed by atoms with Crippen LogP contribution in [0.4, 0.5) is 26.3 Å². The van der Waals surface area contributed by atoms with Crippen LogP contribution >= 0.6 is 0 Å². The molecule has 39 heavy (non-hydrogen) atoms. The number of nitrogens with zero attached hydrogens (tertiary/aromatic N) is 4. The second-order valence-corrected chi connectivity index (χ2v) is 9.51. The highest BCUT2D eigenvalue weighted by Gasteiger charge is 2.41. The number of aromatic nitrogens is 2. The summed E-state index contributed by atoms with van der Waals surface area (Å²) in [7, 11) is 0. The first-order valence-corrected chi connectivity index (χ1v) is 11.9. The maximum absolute atomic E-state index is 10.6. The van der Waals surface area contributed by atoms with Crippen LogP contribution in [0.25, 0.3) is 0 Å². The first-order valence-electron chi connectivity index (χ1n) is 11.9. The summed E-state index contributed by atoms with van der Waals surface area (Å²) in [5.74, 6) is -4.54. The molecule has 2 aliphatic rings. The van der Waals surface area contributed by atoms with Gasteiger partial charge in [0.1, 0.15) is 5.76 Å². The molecule has 0 aliphatic carbocycles. The molecule has 0 radical (unpaired) electrons. The van der Waals surface area contributed by atoms with Gasteiger partial charge in [-0.25, -0.2) is 9.59 Å². The van der Waals surface area contributed by atoms with Gasteiger partial charge in [0.25, 0.3) is 0 Å². The van der Waals surface area contributed by atoms with Crippen molar-refractivity contribution >= 4 is 11.9 Å². The Morgan fingerprint density at radius 3 is 1.87 bits per heavy atom. The van der Waals surface area contributed by atoms with E-state index in [9.17, 15) is 26.3 Å². The van der Waals surface area contributed by atoms with Gasteiger partial charge in [-0.2, -0.15) is 26.3 Å². The van der Waals surface area contributed by atoms with Crippen LogP contribution in [0.1, 0.15) is 41.8 Å². The summed E-state index contributed by atoms with van der Waals surface area (Å²) < 4.78 is 68.8. The minimum atomic E-state index is -5.08. The third-order valence-electron chi connectivity index (χ3n) is 6.61. The molecule has 0 unspecified atom stereocenters. The number of piperidine rings is 1. The molecule has 0 aromatic carbocycles. The number of hydrogen-bond acceptors (Lipinski definition) is 7. The van der Waals surface area contributed by atoms with Crippen LogP contribution < -0.4 is 0 Å². The van der Waals surface area contributed by atoms with E-state index in [4.69, 9.17) is 24.3 Å². The third-order valence-corrected chi connectivity index (χ3v) is 6.61. The van der Waals surface area contributed by atoms with Crippen molar-refractivity contribution in [2.24, 2.45) is 5.41 Å². The number of alkyl halides is 6. The predicted molar refractivity (Wildman–Crippen MR) is 124 cm³/mol. The molecule has 2 aromatic heterocycles. The highest BCUT2D eigenvalue weighted by atomic mass is 19.4. The van der Waals surface area contributed by atoms with Gasteiger partial charge in [-0.05, 0) is 69.8 Å². The molecule has 218 valence electrons. The van der Waals surface area contributed by atoms with E-state index in [2.05, 4.69) is 26.0 Å². The van der Waals surface area contributed by atoms with E-state index >= 15 is 0 Å². The van der Waals surface area contributed by atoms with Gasteiger partial charge in [0, 0.05) is 37.6 Å². The molecule has 0 bridgehead atoms. The molecular formula is C24H30F6N4O5. The van der Waals surface area contributed by atoms with Gasteiger partial charge in [-0.15, -0.1) is 0 Å². The summed E-state index contributed by atoms with van der Waals surface area (Å²) >= 11 is 0. The van der Waals surface area contributed by atoms with E-state index in [1.807, 2.05) is 32.3 Å². The number of pyridine rings is 1. The molecule has 0 amide bonds. The minimum absolute atomic E-state index is 0.525. The average molecular weight is 569 g/mol. The van der Waals surface area contributed by atoms with Crippen LogP contribution in [0.15, 0.2) is 29.0 Å². The molecule has 2 aromatic rings. The van der Waals surface area contributed by atoms with Crippen LogP contribution in [0, 0.1) is 19.3 Å². The van der Waals surface area contributed by atoms with Crippen molar-refractivity contribution in [2.75, 3.05) is 26.2 Å². The minimum Gasteiger partial charge on any atom is -0.475 e. The van der Waals surface area contributed by atoms with Gasteiger partial charge >= 0.3 is 24.3 Å². The fraction of sp³-hybridized carbons (Fsp3) is 0.583. The second kappa shape index (κ2) is 13.2. The SMILES string of the molecule is Cc1noc(C)c1CN1CCC2(CC1)CCN(Cc1cccnc1)C2.O=C(O)C(F)(F)F.O=C(O)C(F)(F)F. The summed E-state index contributed by atoms with van der Waals surface area (Å²) in [5, 5.41) is 18.3. The fourth-order valence-electron chi connectivity index (χ4n) is 4.46. The summed E-state index contributed by atoms with van der Waals surface area (Å²) in [6.45, 7) is 10.9. The van der Waals surface area contributed by atoms with E-state index in [1.165, 1.54) is 56.6 Å². The van der Waals surface area contributed by atoms with E-state index in [1.54, 1.807) is 0 Å². The van der Waals surface area contributed by atoms with Crippen LogP contribution in [-0.4, -0.2) is 80.6 Å².